The number of aromatic amines is 1. The molecule has 0 saturated carbocycles. The van der Waals surface area contributed by atoms with Crippen LogP contribution in [0.4, 0.5) is 0 Å². The predicted molar refractivity (Wildman–Crippen MR) is 87.8 cm³/mol. The summed E-state index contributed by atoms with van der Waals surface area (Å²) in [7, 11) is 3.30. The topological polar surface area (TPSA) is 47.1 Å². The number of benzene rings is 2. The first-order valence-corrected chi connectivity index (χ1v) is 7.43. The number of rotatable bonds is 5. The number of imidazole rings is 1. The van der Waals surface area contributed by atoms with Crippen LogP contribution in [0.1, 0.15) is 30.7 Å². The van der Waals surface area contributed by atoms with Crippen LogP contribution in [0.15, 0.2) is 42.5 Å². The van der Waals surface area contributed by atoms with E-state index in [4.69, 9.17) is 14.5 Å². The minimum Gasteiger partial charge on any atom is -0.493 e. The average Bonchev–Trinajstić information content (AvgIpc) is 2.98. The van der Waals surface area contributed by atoms with Crippen molar-refractivity contribution in [2.75, 3.05) is 14.2 Å². The number of nitrogens with one attached hydrogen (secondary N) is 1. The van der Waals surface area contributed by atoms with Crippen molar-refractivity contribution in [3.05, 3.63) is 53.9 Å². The minimum atomic E-state index is 0.201. The summed E-state index contributed by atoms with van der Waals surface area (Å²) in [6, 6.07) is 14.1. The lowest BCUT2D eigenvalue weighted by Crippen LogP contribution is -2.03. The van der Waals surface area contributed by atoms with E-state index in [0.717, 1.165) is 34.8 Å². The SMILES string of the molecule is CCC(c1ccc(OC)c(OC)c1)c1nc2ccccc2[nH]1. The van der Waals surface area contributed by atoms with Crippen LogP contribution in [0.2, 0.25) is 0 Å². The van der Waals surface area contributed by atoms with E-state index in [9.17, 15) is 0 Å². The zero-order valence-electron chi connectivity index (χ0n) is 13.1. The lowest BCUT2D eigenvalue weighted by Gasteiger charge is -2.15. The van der Waals surface area contributed by atoms with Crippen molar-refractivity contribution in [3.63, 3.8) is 0 Å². The zero-order valence-corrected chi connectivity index (χ0v) is 13.1. The van der Waals surface area contributed by atoms with Gasteiger partial charge in [-0.2, -0.15) is 0 Å². The number of aromatic nitrogens is 2. The Labute approximate surface area is 130 Å². The highest BCUT2D eigenvalue weighted by molar-refractivity contribution is 5.75. The van der Waals surface area contributed by atoms with E-state index < -0.39 is 0 Å². The molecule has 0 aliphatic carbocycles. The van der Waals surface area contributed by atoms with Gasteiger partial charge in [-0.15, -0.1) is 0 Å². The summed E-state index contributed by atoms with van der Waals surface area (Å²) in [6.07, 6.45) is 0.954. The van der Waals surface area contributed by atoms with Crippen molar-refractivity contribution >= 4 is 11.0 Å². The fourth-order valence-electron chi connectivity index (χ4n) is 2.79. The molecule has 0 fully saturated rings. The number of H-pyrrole nitrogens is 1. The molecule has 4 heteroatoms. The number of para-hydroxylation sites is 2. The van der Waals surface area contributed by atoms with Gasteiger partial charge < -0.3 is 14.5 Å². The summed E-state index contributed by atoms with van der Waals surface area (Å²) in [6.45, 7) is 2.16. The Kier molecular flexibility index (Phi) is 4.00. The summed E-state index contributed by atoms with van der Waals surface area (Å²) in [5, 5.41) is 0. The molecule has 0 amide bonds. The van der Waals surface area contributed by atoms with E-state index in [0.29, 0.717) is 0 Å². The Hall–Kier alpha value is -2.49. The first-order valence-electron chi connectivity index (χ1n) is 7.43. The molecule has 1 atom stereocenters. The molecule has 0 aliphatic rings. The molecule has 0 spiro atoms. The molecular formula is C18H20N2O2. The lowest BCUT2D eigenvalue weighted by molar-refractivity contribution is 0.354. The summed E-state index contributed by atoms with van der Waals surface area (Å²) in [5.41, 5.74) is 3.23. The number of nitrogens with zero attached hydrogens (tertiary/aromatic N) is 1. The van der Waals surface area contributed by atoms with Crippen molar-refractivity contribution < 1.29 is 9.47 Å². The van der Waals surface area contributed by atoms with Crippen LogP contribution in [-0.4, -0.2) is 24.2 Å². The second-order valence-electron chi connectivity index (χ2n) is 5.21. The zero-order chi connectivity index (χ0) is 15.5. The van der Waals surface area contributed by atoms with Crippen LogP contribution in [0.25, 0.3) is 11.0 Å². The van der Waals surface area contributed by atoms with Gasteiger partial charge in [0, 0.05) is 5.92 Å². The first kappa shape index (κ1) is 14.4. The van der Waals surface area contributed by atoms with Gasteiger partial charge in [0.1, 0.15) is 5.82 Å². The number of hydrogen-bond acceptors (Lipinski definition) is 3. The van der Waals surface area contributed by atoms with Gasteiger partial charge in [0.2, 0.25) is 0 Å². The fourth-order valence-corrected chi connectivity index (χ4v) is 2.79. The number of fused-ring (bicyclic) bond motifs is 1. The largest absolute Gasteiger partial charge is 0.493 e. The van der Waals surface area contributed by atoms with Crippen LogP contribution in [0, 0.1) is 0 Å². The van der Waals surface area contributed by atoms with Gasteiger partial charge in [0.15, 0.2) is 11.5 Å². The third-order valence-electron chi connectivity index (χ3n) is 3.96. The van der Waals surface area contributed by atoms with E-state index >= 15 is 0 Å². The molecular weight excluding hydrogens is 276 g/mol. The number of methoxy groups -OCH3 is 2. The van der Waals surface area contributed by atoms with E-state index in [1.807, 2.05) is 36.4 Å². The summed E-state index contributed by atoms with van der Waals surface area (Å²) < 4.78 is 10.7. The highest BCUT2D eigenvalue weighted by atomic mass is 16.5. The van der Waals surface area contributed by atoms with Crippen LogP contribution in [0.5, 0.6) is 11.5 Å². The average molecular weight is 296 g/mol. The predicted octanol–water partition coefficient (Wildman–Crippen LogP) is 4.12. The van der Waals surface area contributed by atoms with Crippen molar-refractivity contribution in [3.8, 4) is 11.5 Å². The van der Waals surface area contributed by atoms with E-state index in [2.05, 4.69) is 18.0 Å². The molecule has 22 heavy (non-hydrogen) atoms. The molecule has 1 unspecified atom stereocenters. The maximum Gasteiger partial charge on any atom is 0.161 e. The molecule has 0 saturated heterocycles. The molecule has 2 aromatic carbocycles. The molecule has 3 rings (SSSR count). The normalized spacial score (nSPS) is 12.3. The lowest BCUT2D eigenvalue weighted by atomic mass is 9.95. The summed E-state index contributed by atoms with van der Waals surface area (Å²) in [4.78, 5) is 8.16. The van der Waals surface area contributed by atoms with E-state index in [1.165, 1.54) is 5.56 Å². The smallest absolute Gasteiger partial charge is 0.161 e. The van der Waals surface area contributed by atoms with Crippen LogP contribution in [-0.2, 0) is 0 Å². The highest BCUT2D eigenvalue weighted by Gasteiger charge is 2.18. The molecule has 0 bridgehead atoms. The summed E-state index contributed by atoms with van der Waals surface area (Å²) >= 11 is 0. The third-order valence-corrected chi connectivity index (χ3v) is 3.96. The van der Waals surface area contributed by atoms with Gasteiger partial charge in [-0.05, 0) is 36.2 Å². The molecule has 0 radical (unpaired) electrons. The van der Waals surface area contributed by atoms with Gasteiger partial charge in [0.25, 0.3) is 0 Å². The van der Waals surface area contributed by atoms with Crippen LogP contribution >= 0.6 is 0 Å². The Morgan fingerprint density at radius 1 is 1.05 bits per heavy atom. The third kappa shape index (κ3) is 2.52. The molecule has 4 nitrogen and oxygen atoms in total. The number of hydrogen-bond donors (Lipinski definition) is 1. The molecule has 0 aliphatic heterocycles. The van der Waals surface area contributed by atoms with Gasteiger partial charge in [-0.3, -0.25) is 0 Å². The molecule has 114 valence electrons. The standard InChI is InChI=1S/C18H20N2O2/c1-4-13(12-9-10-16(21-2)17(11-12)22-3)18-19-14-7-5-6-8-15(14)20-18/h5-11,13H,4H2,1-3H3,(H,19,20). The molecule has 1 N–H and O–H groups in total. The Bertz CT molecular complexity index is 747. The van der Waals surface area contributed by atoms with Crippen molar-refractivity contribution in [1.29, 1.82) is 0 Å². The minimum absolute atomic E-state index is 0.201. The first-order chi connectivity index (χ1) is 10.8. The second-order valence-corrected chi connectivity index (χ2v) is 5.21. The highest BCUT2D eigenvalue weighted by Crippen LogP contribution is 2.34. The molecule has 3 aromatic rings. The van der Waals surface area contributed by atoms with Crippen molar-refractivity contribution in [1.82, 2.24) is 9.97 Å². The van der Waals surface area contributed by atoms with E-state index in [-0.39, 0.29) is 5.92 Å². The quantitative estimate of drug-likeness (QED) is 0.770. The van der Waals surface area contributed by atoms with Gasteiger partial charge in [-0.25, -0.2) is 4.98 Å². The second kappa shape index (κ2) is 6.10. The van der Waals surface area contributed by atoms with Gasteiger partial charge in [0.05, 0.1) is 25.3 Å². The Morgan fingerprint density at radius 3 is 2.50 bits per heavy atom. The van der Waals surface area contributed by atoms with Gasteiger partial charge in [-0.1, -0.05) is 25.1 Å². The maximum atomic E-state index is 5.41. The van der Waals surface area contributed by atoms with E-state index in [1.54, 1.807) is 14.2 Å². The van der Waals surface area contributed by atoms with Gasteiger partial charge >= 0.3 is 0 Å². The maximum absolute atomic E-state index is 5.41. The Morgan fingerprint density at radius 2 is 1.82 bits per heavy atom. The molecule has 1 aromatic heterocycles. The summed E-state index contributed by atoms with van der Waals surface area (Å²) in [5.74, 6) is 2.67. The number of ether oxygens (including phenoxy) is 2. The molecule has 1 heterocycles. The fraction of sp³-hybridized carbons (Fsp3) is 0.278. The Balaban J connectivity index is 2.03. The van der Waals surface area contributed by atoms with Crippen molar-refractivity contribution in [2.45, 2.75) is 19.3 Å². The van der Waals surface area contributed by atoms with Crippen LogP contribution < -0.4 is 9.47 Å². The van der Waals surface area contributed by atoms with Crippen molar-refractivity contribution in [2.24, 2.45) is 0 Å². The monoisotopic (exact) mass is 296 g/mol. The van der Waals surface area contributed by atoms with Crippen LogP contribution in [0.3, 0.4) is 0 Å².